The van der Waals surface area contributed by atoms with Gasteiger partial charge in [-0.1, -0.05) is 116 Å². The van der Waals surface area contributed by atoms with Crippen LogP contribution in [-0.2, 0) is 5.41 Å². The van der Waals surface area contributed by atoms with Gasteiger partial charge < -0.3 is 0 Å². The maximum Gasteiger partial charge on any atom is 0.00000170 e. The van der Waals surface area contributed by atoms with Gasteiger partial charge in [0.1, 0.15) is 0 Å². The summed E-state index contributed by atoms with van der Waals surface area (Å²) >= 11 is 0. The Kier molecular flexibility index (Phi) is 4.13. The molecule has 5 rings (SSSR count). The van der Waals surface area contributed by atoms with Gasteiger partial charge in [0, 0.05) is 5.41 Å². The van der Waals surface area contributed by atoms with Crippen LogP contribution in [0.15, 0.2) is 109 Å². The lowest BCUT2D eigenvalue weighted by Gasteiger charge is -2.15. The van der Waals surface area contributed by atoms with Crippen LogP contribution in [0.1, 0.15) is 30.4 Å². The highest BCUT2D eigenvalue weighted by Crippen LogP contribution is 2.60. The number of hydrogen-bond donors (Lipinski definition) is 0. The predicted octanol–water partition coefficient (Wildman–Crippen LogP) is 7.47. The molecule has 0 saturated heterocycles. The van der Waals surface area contributed by atoms with Crippen molar-refractivity contribution in [2.75, 3.05) is 0 Å². The quantitative estimate of drug-likeness (QED) is 0.354. The standard InChI is InChI=1S/C28H24/c1-28(26-17-9-15-24(19-26)22-12-6-3-7-13-22)20-27(28)25-16-8-14-23(18-25)21-10-4-2-5-11-21/h2-19,27H,20H2,1H3/t27-,28+/m0/s1. The van der Waals surface area contributed by atoms with Crippen molar-refractivity contribution >= 4 is 0 Å². The Morgan fingerprint density at radius 1 is 0.571 bits per heavy atom. The minimum absolute atomic E-state index is 0.222. The lowest BCUT2D eigenvalue weighted by molar-refractivity contribution is 0.749. The second-order valence-corrected chi connectivity index (χ2v) is 8.11. The molecule has 136 valence electrons. The van der Waals surface area contributed by atoms with Gasteiger partial charge in [0.15, 0.2) is 0 Å². The zero-order chi connectivity index (χ0) is 19.0. The average molecular weight is 361 g/mol. The molecular weight excluding hydrogens is 336 g/mol. The Hall–Kier alpha value is -3.12. The molecule has 0 amide bonds. The van der Waals surface area contributed by atoms with Crippen molar-refractivity contribution in [3.8, 4) is 22.3 Å². The minimum Gasteiger partial charge on any atom is -0.0622 e. The first kappa shape index (κ1) is 17.0. The smallest absolute Gasteiger partial charge is 0.00000170 e. The Morgan fingerprint density at radius 3 is 1.75 bits per heavy atom. The number of hydrogen-bond acceptors (Lipinski definition) is 0. The van der Waals surface area contributed by atoms with Gasteiger partial charge in [0.2, 0.25) is 0 Å². The molecule has 0 spiro atoms. The molecule has 1 aliphatic rings. The molecule has 2 atom stereocenters. The fourth-order valence-corrected chi connectivity index (χ4v) is 4.42. The summed E-state index contributed by atoms with van der Waals surface area (Å²) in [5.41, 5.74) is 8.32. The molecular formula is C28H24. The first-order chi connectivity index (χ1) is 13.7. The fourth-order valence-electron chi connectivity index (χ4n) is 4.42. The first-order valence-corrected chi connectivity index (χ1v) is 10.1. The normalized spacial score (nSPS) is 20.7. The van der Waals surface area contributed by atoms with E-state index in [-0.39, 0.29) is 5.41 Å². The van der Waals surface area contributed by atoms with Gasteiger partial charge in [0.05, 0.1) is 0 Å². The van der Waals surface area contributed by atoms with Crippen molar-refractivity contribution in [2.45, 2.75) is 24.7 Å². The topological polar surface area (TPSA) is 0 Å². The van der Waals surface area contributed by atoms with Crippen LogP contribution < -0.4 is 0 Å². The maximum atomic E-state index is 2.41. The first-order valence-electron chi connectivity index (χ1n) is 10.1. The summed E-state index contributed by atoms with van der Waals surface area (Å²) in [7, 11) is 0. The van der Waals surface area contributed by atoms with Gasteiger partial charge in [0.25, 0.3) is 0 Å². The zero-order valence-corrected chi connectivity index (χ0v) is 16.2. The van der Waals surface area contributed by atoms with E-state index in [1.54, 1.807) is 0 Å². The second kappa shape index (κ2) is 6.80. The van der Waals surface area contributed by atoms with E-state index < -0.39 is 0 Å². The molecule has 1 aliphatic carbocycles. The molecule has 0 heterocycles. The third kappa shape index (κ3) is 3.05. The Balaban J connectivity index is 1.45. The molecule has 1 fully saturated rings. The van der Waals surface area contributed by atoms with Gasteiger partial charge >= 0.3 is 0 Å². The highest BCUT2D eigenvalue weighted by Gasteiger charge is 2.51. The summed E-state index contributed by atoms with van der Waals surface area (Å²) < 4.78 is 0. The van der Waals surface area contributed by atoms with Crippen LogP contribution in [0.3, 0.4) is 0 Å². The van der Waals surface area contributed by atoms with E-state index in [9.17, 15) is 0 Å². The molecule has 0 aromatic heterocycles. The van der Waals surface area contributed by atoms with E-state index in [1.807, 2.05) is 0 Å². The SMILES string of the molecule is C[C@]1(c2cccc(-c3ccccc3)c2)C[C@H]1c1cccc(-c2ccccc2)c1. The van der Waals surface area contributed by atoms with Crippen LogP contribution in [0, 0.1) is 0 Å². The van der Waals surface area contributed by atoms with Crippen LogP contribution in [0.25, 0.3) is 22.3 Å². The van der Waals surface area contributed by atoms with Crippen LogP contribution in [0.4, 0.5) is 0 Å². The molecule has 0 radical (unpaired) electrons. The Bertz CT molecular complexity index is 1090. The zero-order valence-electron chi connectivity index (χ0n) is 16.2. The summed E-state index contributed by atoms with van der Waals surface area (Å²) in [6.07, 6.45) is 1.21. The summed E-state index contributed by atoms with van der Waals surface area (Å²) in [6, 6.07) is 39.6. The van der Waals surface area contributed by atoms with Gasteiger partial charge in [-0.3, -0.25) is 0 Å². The molecule has 0 unspecified atom stereocenters. The van der Waals surface area contributed by atoms with Crippen LogP contribution in [0.5, 0.6) is 0 Å². The molecule has 0 bridgehead atoms. The molecule has 0 nitrogen and oxygen atoms in total. The van der Waals surface area contributed by atoms with Gasteiger partial charge in [-0.2, -0.15) is 0 Å². The van der Waals surface area contributed by atoms with Crippen molar-refractivity contribution in [3.05, 3.63) is 120 Å². The third-order valence-electron chi connectivity index (χ3n) is 6.26. The summed E-state index contributed by atoms with van der Waals surface area (Å²) in [6.45, 7) is 2.41. The Labute approximate surface area is 167 Å². The van der Waals surface area contributed by atoms with E-state index in [4.69, 9.17) is 0 Å². The minimum atomic E-state index is 0.222. The molecule has 0 aliphatic heterocycles. The maximum absolute atomic E-state index is 2.41. The molecule has 4 aromatic carbocycles. The van der Waals surface area contributed by atoms with E-state index in [2.05, 4.69) is 116 Å². The summed E-state index contributed by atoms with van der Waals surface area (Å²) in [5.74, 6) is 0.585. The molecule has 4 aromatic rings. The number of rotatable bonds is 4. The Morgan fingerprint density at radius 2 is 1.11 bits per heavy atom. The number of benzene rings is 4. The van der Waals surface area contributed by atoms with Crippen molar-refractivity contribution in [3.63, 3.8) is 0 Å². The molecule has 28 heavy (non-hydrogen) atoms. The third-order valence-corrected chi connectivity index (χ3v) is 6.26. The average Bonchev–Trinajstić information content (AvgIpc) is 3.48. The molecule has 0 N–H and O–H groups in total. The second-order valence-electron chi connectivity index (χ2n) is 8.11. The largest absolute Gasteiger partial charge is 0.0622 e. The van der Waals surface area contributed by atoms with Crippen LogP contribution in [-0.4, -0.2) is 0 Å². The van der Waals surface area contributed by atoms with Crippen LogP contribution >= 0.6 is 0 Å². The molecule has 1 saturated carbocycles. The summed E-state index contributed by atoms with van der Waals surface area (Å²) in [4.78, 5) is 0. The fraction of sp³-hybridized carbons (Fsp3) is 0.143. The molecule has 0 heteroatoms. The van der Waals surface area contributed by atoms with Crippen molar-refractivity contribution in [1.29, 1.82) is 0 Å². The van der Waals surface area contributed by atoms with Gasteiger partial charge in [-0.05, 0) is 45.7 Å². The van der Waals surface area contributed by atoms with E-state index in [0.717, 1.165) is 0 Å². The highest BCUT2D eigenvalue weighted by molar-refractivity contribution is 5.67. The van der Waals surface area contributed by atoms with E-state index in [0.29, 0.717) is 5.92 Å². The van der Waals surface area contributed by atoms with Gasteiger partial charge in [-0.15, -0.1) is 0 Å². The van der Waals surface area contributed by atoms with Crippen molar-refractivity contribution < 1.29 is 0 Å². The van der Waals surface area contributed by atoms with Crippen molar-refractivity contribution in [1.82, 2.24) is 0 Å². The van der Waals surface area contributed by atoms with Gasteiger partial charge in [-0.25, -0.2) is 0 Å². The summed E-state index contributed by atoms with van der Waals surface area (Å²) in [5, 5.41) is 0. The van der Waals surface area contributed by atoms with Crippen LogP contribution in [0.2, 0.25) is 0 Å². The lowest BCUT2D eigenvalue weighted by Crippen LogP contribution is -2.04. The monoisotopic (exact) mass is 360 g/mol. The van der Waals surface area contributed by atoms with E-state index in [1.165, 1.54) is 39.8 Å². The predicted molar refractivity (Wildman–Crippen MR) is 118 cm³/mol. The van der Waals surface area contributed by atoms with Crippen molar-refractivity contribution in [2.24, 2.45) is 0 Å². The lowest BCUT2D eigenvalue weighted by atomic mass is 9.89. The highest BCUT2D eigenvalue weighted by atomic mass is 14.5. The van der Waals surface area contributed by atoms with E-state index >= 15 is 0 Å².